The lowest BCUT2D eigenvalue weighted by Crippen LogP contribution is -2.34. The van der Waals surface area contributed by atoms with E-state index in [9.17, 15) is 4.79 Å². The van der Waals surface area contributed by atoms with Gasteiger partial charge in [0.2, 0.25) is 0 Å². The first-order valence-corrected chi connectivity index (χ1v) is 7.01. The van der Waals surface area contributed by atoms with Crippen molar-refractivity contribution in [3.8, 4) is 0 Å². The molecule has 0 bridgehead atoms. The second-order valence-electron chi connectivity index (χ2n) is 4.45. The second kappa shape index (κ2) is 5.84. The summed E-state index contributed by atoms with van der Waals surface area (Å²) in [6, 6.07) is 0. The van der Waals surface area contributed by atoms with Crippen molar-refractivity contribution in [2.24, 2.45) is 7.05 Å². The number of nitrogens with zero attached hydrogens (tertiary/aromatic N) is 3. The molecule has 0 radical (unpaired) electrons. The molecule has 0 aromatic carbocycles. The fourth-order valence-electron chi connectivity index (χ4n) is 2.15. The Morgan fingerprint density at radius 1 is 1.67 bits per heavy atom. The number of rotatable bonds is 4. The van der Waals surface area contributed by atoms with E-state index in [1.54, 1.807) is 13.2 Å². The minimum Gasteiger partial charge on any atom is -0.376 e. The maximum atomic E-state index is 11.8. The molecule has 100 valence electrons. The lowest BCUT2D eigenvalue weighted by atomic mass is 10.2. The van der Waals surface area contributed by atoms with Crippen molar-refractivity contribution in [2.45, 2.75) is 25.9 Å². The Bertz CT molecular complexity index is 469. The highest BCUT2D eigenvalue weighted by Crippen LogP contribution is 2.23. The quantitative estimate of drug-likeness (QED) is 0.845. The molecule has 1 aliphatic heterocycles. The molecule has 2 rings (SSSR count). The molecule has 18 heavy (non-hydrogen) atoms. The summed E-state index contributed by atoms with van der Waals surface area (Å²) in [5.74, 6) is 0. The first-order chi connectivity index (χ1) is 8.63. The van der Waals surface area contributed by atoms with E-state index in [0.29, 0.717) is 4.47 Å². The minimum atomic E-state index is -0.113. The summed E-state index contributed by atoms with van der Waals surface area (Å²) in [7, 11) is 1.65. The lowest BCUT2D eigenvalue weighted by Gasteiger charge is -2.26. The van der Waals surface area contributed by atoms with E-state index in [1.807, 2.05) is 0 Å². The molecular formula is C12H18BrN3O2. The zero-order valence-corrected chi connectivity index (χ0v) is 12.3. The zero-order chi connectivity index (χ0) is 13.1. The fraction of sp³-hybridized carbons (Fsp3) is 0.667. The van der Waals surface area contributed by atoms with Crippen LogP contribution in [0, 0.1) is 0 Å². The van der Waals surface area contributed by atoms with Gasteiger partial charge in [-0.1, -0.05) is 0 Å². The van der Waals surface area contributed by atoms with Gasteiger partial charge in [-0.05, 0) is 35.7 Å². The van der Waals surface area contributed by atoms with E-state index >= 15 is 0 Å². The highest BCUT2D eigenvalue weighted by molar-refractivity contribution is 9.10. The molecule has 0 N–H and O–H groups in total. The Kier molecular flexibility index (Phi) is 4.40. The average Bonchev–Trinajstić information content (AvgIpc) is 2.87. The highest BCUT2D eigenvalue weighted by atomic mass is 79.9. The van der Waals surface area contributed by atoms with E-state index in [-0.39, 0.29) is 11.7 Å². The number of aromatic nitrogens is 2. The standard InChI is InChI=1S/C12H18BrN3O2/c1-3-16(8-9-5-4-6-18-9)10-7-14-15(2)12(17)11(10)13/h7,9H,3-6,8H2,1-2H3. The third-order valence-corrected chi connectivity index (χ3v) is 3.98. The summed E-state index contributed by atoms with van der Waals surface area (Å²) in [5, 5.41) is 4.07. The van der Waals surface area contributed by atoms with Crippen LogP contribution in [0.2, 0.25) is 0 Å². The van der Waals surface area contributed by atoms with Gasteiger partial charge in [-0.2, -0.15) is 5.10 Å². The first-order valence-electron chi connectivity index (χ1n) is 6.21. The van der Waals surface area contributed by atoms with Crippen LogP contribution in [-0.2, 0) is 11.8 Å². The van der Waals surface area contributed by atoms with Crippen LogP contribution in [0.25, 0.3) is 0 Å². The van der Waals surface area contributed by atoms with E-state index in [1.165, 1.54) is 4.68 Å². The van der Waals surface area contributed by atoms with Crippen molar-refractivity contribution in [3.63, 3.8) is 0 Å². The Labute approximate surface area is 115 Å². The molecule has 1 saturated heterocycles. The number of anilines is 1. The van der Waals surface area contributed by atoms with Crippen LogP contribution in [-0.4, -0.2) is 35.6 Å². The van der Waals surface area contributed by atoms with Gasteiger partial charge in [0.05, 0.1) is 18.0 Å². The Hall–Kier alpha value is -0.880. The van der Waals surface area contributed by atoms with Crippen molar-refractivity contribution in [1.82, 2.24) is 9.78 Å². The molecule has 0 spiro atoms. The Morgan fingerprint density at radius 2 is 2.44 bits per heavy atom. The zero-order valence-electron chi connectivity index (χ0n) is 10.7. The summed E-state index contributed by atoms with van der Waals surface area (Å²) in [5.41, 5.74) is 0.731. The second-order valence-corrected chi connectivity index (χ2v) is 5.24. The molecule has 0 saturated carbocycles. The van der Waals surface area contributed by atoms with E-state index in [4.69, 9.17) is 4.74 Å². The number of halogens is 1. The number of hydrogen-bond acceptors (Lipinski definition) is 4. The SMILES string of the molecule is CCN(CC1CCCO1)c1cnn(C)c(=O)c1Br. The molecule has 1 fully saturated rings. The smallest absolute Gasteiger partial charge is 0.282 e. The number of aryl methyl sites for hydroxylation is 1. The van der Waals surface area contributed by atoms with Crippen LogP contribution in [0.1, 0.15) is 19.8 Å². The Morgan fingerprint density at radius 3 is 3.06 bits per heavy atom. The fourth-order valence-corrected chi connectivity index (χ4v) is 2.76. The molecule has 6 heteroatoms. The van der Waals surface area contributed by atoms with Crippen molar-refractivity contribution >= 4 is 21.6 Å². The number of ether oxygens (including phenoxy) is 1. The Balaban J connectivity index is 2.21. The van der Waals surface area contributed by atoms with Crippen molar-refractivity contribution < 1.29 is 4.74 Å². The molecule has 1 unspecified atom stereocenters. The molecule has 1 aromatic heterocycles. The van der Waals surface area contributed by atoms with Gasteiger partial charge in [-0.25, -0.2) is 4.68 Å². The topological polar surface area (TPSA) is 47.4 Å². The van der Waals surface area contributed by atoms with Gasteiger partial charge in [0.1, 0.15) is 4.47 Å². The molecule has 5 nitrogen and oxygen atoms in total. The predicted molar refractivity (Wildman–Crippen MR) is 74.0 cm³/mol. The van der Waals surface area contributed by atoms with Crippen molar-refractivity contribution in [1.29, 1.82) is 0 Å². The van der Waals surface area contributed by atoms with Crippen LogP contribution in [0.15, 0.2) is 15.5 Å². The summed E-state index contributed by atoms with van der Waals surface area (Å²) >= 11 is 3.37. The van der Waals surface area contributed by atoms with Gasteiger partial charge in [0, 0.05) is 26.7 Å². The van der Waals surface area contributed by atoms with Gasteiger partial charge >= 0.3 is 0 Å². The van der Waals surface area contributed by atoms with Crippen molar-refractivity contribution in [2.75, 3.05) is 24.6 Å². The summed E-state index contributed by atoms with van der Waals surface area (Å²) in [6.45, 7) is 4.55. The predicted octanol–water partition coefficient (Wildman–Crippen LogP) is 1.55. The third kappa shape index (κ3) is 2.75. The molecule has 1 aliphatic rings. The van der Waals surface area contributed by atoms with Crippen molar-refractivity contribution in [3.05, 3.63) is 21.0 Å². The van der Waals surface area contributed by atoms with Gasteiger partial charge < -0.3 is 9.64 Å². The van der Waals surface area contributed by atoms with Crippen LogP contribution in [0.3, 0.4) is 0 Å². The van der Waals surface area contributed by atoms with Gasteiger partial charge in [0.25, 0.3) is 5.56 Å². The molecule has 1 atom stereocenters. The number of hydrogen-bond donors (Lipinski definition) is 0. The molecule has 1 aromatic rings. The normalized spacial score (nSPS) is 19.2. The maximum Gasteiger partial charge on any atom is 0.282 e. The van der Waals surface area contributed by atoms with E-state index in [0.717, 1.165) is 38.2 Å². The van der Waals surface area contributed by atoms with Gasteiger partial charge in [-0.15, -0.1) is 0 Å². The van der Waals surface area contributed by atoms with E-state index < -0.39 is 0 Å². The molecule has 0 aliphatic carbocycles. The van der Waals surface area contributed by atoms with Gasteiger partial charge in [0.15, 0.2) is 0 Å². The summed E-state index contributed by atoms with van der Waals surface area (Å²) < 4.78 is 7.54. The molecule has 2 heterocycles. The summed E-state index contributed by atoms with van der Waals surface area (Å²) in [4.78, 5) is 14.0. The third-order valence-electron chi connectivity index (χ3n) is 3.23. The molecule has 0 amide bonds. The minimum absolute atomic E-state index is 0.113. The van der Waals surface area contributed by atoms with Gasteiger partial charge in [-0.3, -0.25) is 4.79 Å². The van der Waals surface area contributed by atoms with Crippen LogP contribution < -0.4 is 10.5 Å². The monoisotopic (exact) mass is 315 g/mol. The molecular weight excluding hydrogens is 298 g/mol. The number of likely N-dealkylation sites (N-methyl/N-ethyl adjacent to an activating group) is 1. The van der Waals surface area contributed by atoms with Crippen LogP contribution >= 0.6 is 15.9 Å². The largest absolute Gasteiger partial charge is 0.376 e. The summed E-state index contributed by atoms with van der Waals surface area (Å²) in [6.07, 6.45) is 4.20. The van der Waals surface area contributed by atoms with E-state index in [2.05, 4.69) is 32.9 Å². The maximum absolute atomic E-state index is 11.8. The highest BCUT2D eigenvalue weighted by Gasteiger charge is 2.21. The van der Waals surface area contributed by atoms with Crippen LogP contribution in [0.5, 0.6) is 0 Å². The average molecular weight is 316 g/mol. The van der Waals surface area contributed by atoms with Crippen LogP contribution in [0.4, 0.5) is 5.69 Å². The first kappa shape index (κ1) is 13.5. The lowest BCUT2D eigenvalue weighted by molar-refractivity contribution is 0.115.